The molecule has 2 aromatic rings. The minimum Gasteiger partial charge on any atom is -0.484 e. The highest BCUT2D eigenvalue weighted by molar-refractivity contribution is 6.42. The molecule has 0 aliphatic heterocycles. The highest BCUT2D eigenvalue weighted by Crippen LogP contribution is 2.26. The Labute approximate surface area is 155 Å². The van der Waals surface area contributed by atoms with Crippen LogP contribution in [0, 0.1) is 11.3 Å². The largest absolute Gasteiger partial charge is 0.484 e. The third kappa shape index (κ3) is 5.95. The summed E-state index contributed by atoms with van der Waals surface area (Å²) >= 11 is 11.7. The van der Waals surface area contributed by atoms with Crippen LogP contribution in [0.25, 0.3) is 0 Å². The molecule has 0 fully saturated rings. The predicted molar refractivity (Wildman–Crippen MR) is 95.7 cm³/mol. The normalized spacial score (nSPS) is 11.4. The molecule has 2 N–H and O–H groups in total. The fourth-order valence-electron chi connectivity index (χ4n) is 2.09. The van der Waals surface area contributed by atoms with E-state index in [0.29, 0.717) is 33.3 Å². The number of carbonyl (C=O) groups excluding carboxylic acids is 1. The average Bonchev–Trinajstić information content (AvgIpc) is 2.62. The lowest BCUT2D eigenvalue weighted by atomic mass is 10.1. The van der Waals surface area contributed by atoms with Crippen LogP contribution in [-0.2, 0) is 4.79 Å². The molecule has 1 atom stereocenters. The van der Waals surface area contributed by atoms with E-state index >= 15 is 0 Å². The molecule has 1 amide bonds. The minimum atomic E-state index is -0.761. The molecule has 25 heavy (non-hydrogen) atoms. The van der Waals surface area contributed by atoms with Crippen LogP contribution >= 0.6 is 23.2 Å². The second-order valence-electron chi connectivity index (χ2n) is 5.26. The fourth-order valence-corrected chi connectivity index (χ4v) is 2.40. The number of aliphatic hydroxyl groups is 1. The average molecular weight is 379 g/mol. The molecule has 0 saturated heterocycles. The Morgan fingerprint density at radius 1 is 1.24 bits per heavy atom. The van der Waals surface area contributed by atoms with Crippen molar-refractivity contribution in [1.29, 1.82) is 5.26 Å². The predicted octanol–water partition coefficient (Wildman–Crippen LogP) is 3.48. The van der Waals surface area contributed by atoms with Crippen LogP contribution < -0.4 is 10.1 Å². The molecule has 0 saturated carbocycles. The van der Waals surface area contributed by atoms with Gasteiger partial charge >= 0.3 is 0 Å². The van der Waals surface area contributed by atoms with Crippen molar-refractivity contribution in [2.45, 2.75) is 12.5 Å². The van der Waals surface area contributed by atoms with Crippen molar-refractivity contribution < 1.29 is 14.6 Å². The topological polar surface area (TPSA) is 82.3 Å². The maximum absolute atomic E-state index is 11.8. The number of nitrogens with one attached hydrogen (secondary N) is 1. The van der Waals surface area contributed by atoms with Crippen molar-refractivity contribution in [2.75, 3.05) is 13.2 Å². The lowest BCUT2D eigenvalue weighted by Crippen LogP contribution is -2.30. The summed E-state index contributed by atoms with van der Waals surface area (Å²) < 4.78 is 5.32. The van der Waals surface area contributed by atoms with Gasteiger partial charge in [0, 0.05) is 6.54 Å². The summed E-state index contributed by atoms with van der Waals surface area (Å²) in [4.78, 5) is 11.8. The van der Waals surface area contributed by atoms with E-state index in [0.717, 1.165) is 0 Å². The first kappa shape index (κ1) is 19.1. The molecule has 0 aliphatic carbocycles. The first-order valence-electron chi connectivity index (χ1n) is 7.52. The van der Waals surface area contributed by atoms with E-state index in [2.05, 4.69) is 5.32 Å². The van der Waals surface area contributed by atoms with Gasteiger partial charge in [-0.3, -0.25) is 4.79 Å². The van der Waals surface area contributed by atoms with Crippen molar-refractivity contribution in [3.63, 3.8) is 0 Å². The van der Waals surface area contributed by atoms with Gasteiger partial charge in [0.1, 0.15) is 5.75 Å². The molecule has 0 bridgehead atoms. The van der Waals surface area contributed by atoms with Crippen molar-refractivity contribution in [3.8, 4) is 11.8 Å². The molecule has 0 aliphatic rings. The van der Waals surface area contributed by atoms with Gasteiger partial charge in [-0.25, -0.2) is 0 Å². The third-order valence-electron chi connectivity index (χ3n) is 3.40. The van der Waals surface area contributed by atoms with Gasteiger partial charge in [-0.1, -0.05) is 35.3 Å². The zero-order chi connectivity index (χ0) is 18.2. The quantitative estimate of drug-likeness (QED) is 0.772. The second kappa shape index (κ2) is 9.28. The number of amides is 1. The van der Waals surface area contributed by atoms with Crippen molar-refractivity contribution in [3.05, 3.63) is 63.6 Å². The number of halogens is 2. The summed E-state index contributed by atoms with van der Waals surface area (Å²) in [5, 5.41) is 22.4. The van der Waals surface area contributed by atoms with Crippen molar-refractivity contribution >= 4 is 29.1 Å². The van der Waals surface area contributed by atoms with Gasteiger partial charge in [0.15, 0.2) is 6.61 Å². The number of aliphatic hydroxyl groups excluding tert-OH is 1. The van der Waals surface area contributed by atoms with Gasteiger partial charge in [-0.05, 0) is 42.3 Å². The van der Waals surface area contributed by atoms with E-state index < -0.39 is 6.10 Å². The molecule has 0 unspecified atom stereocenters. The number of rotatable bonds is 7. The van der Waals surface area contributed by atoms with E-state index in [1.54, 1.807) is 42.5 Å². The standard InChI is InChI=1S/C18H16Cl2N2O3/c19-15-5-4-13(9-16(15)20)17(23)6-7-22-18(24)11-25-14-3-1-2-12(8-14)10-21/h1-5,8-9,17,23H,6-7,11H2,(H,22,24)/t17-/m1/s1. The minimum absolute atomic E-state index is 0.169. The molecule has 0 aromatic heterocycles. The van der Waals surface area contributed by atoms with Gasteiger partial charge in [-0.2, -0.15) is 5.26 Å². The molecule has 130 valence electrons. The molecule has 0 heterocycles. The molecule has 2 rings (SSSR count). The summed E-state index contributed by atoms with van der Waals surface area (Å²) in [5.74, 6) is 0.133. The van der Waals surface area contributed by atoms with E-state index in [9.17, 15) is 9.90 Å². The van der Waals surface area contributed by atoms with Crippen LogP contribution in [0.1, 0.15) is 23.7 Å². The molecule has 0 spiro atoms. The van der Waals surface area contributed by atoms with E-state index in [1.165, 1.54) is 0 Å². The summed E-state index contributed by atoms with van der Waals surface area (Å²) in [6.45, 7) is 0.111. The third-order valence-corrected chi connectivity index (χ3v) is 4.14. The number of hydrogen-bond acceptors (Lipinski definition) is 4. The number of ether oxygens (including phenoxy) is 1. The van der Waals surface area contributed by atoms with Crippen molar-refractivity contribution in [2.24, 2.45) is 0 Å². The van der Waals surface area contributed by atoms with Crippen LogP contribution in [0.2, 0.25) is 10.0 Å². The number of nitriles is 1. The maximum atomic E-state index is 11.8. The molecule has 7 heteroatoms. The fraction of sp³-hybridized carbons (Fsp3) is 0.222. The van der Waals surface area contributed by atoms with E-state index in [1.807, 2.05) is 6.07 Å². The number of hydrogen-bond donors (Lipinski definition) is 2. The highest BCUT2D eigenvalue weighted by atomic mass is 35.5. The first-order valence-corrected chi connectivity index (χ1v) is 8.28. The summed E-state index contributed by atoms with van der Waals surface area (Å²) in [6, 6.07) is 13.5. The summed E-state index contributed by atoms with van der Waals surface area (Å²) in [7, 11) is 0. The lowest BCUT2D eigenvalue weighted by Gasteiger charge is -2.13. The monoisotopic (exact) mass is 378 g/mol. The van der Waals surface area contributed by atoms with Crippen LogP contribution in [0.4, 0.5) is 0 Å². The zero-order valence-electron chi connectivity index (χ0n) is 13.2. The Kier molecular flexibility index (Phi) is 7.08. The number of nitrogens with zero attached hydrogens (tertiary/aromatic N) is 1. The Balaban J connectivity index is 1.74. The van der Waals surface area contributed by atoms with Gasteiger partial charge in [0.05, 0.1) is 27.8 Å². The molecule has 2 aromatic carbocycles. The van der Waals surface area contributed by atoms with Crippen LogP contribution in [0.15, 0.2) is 42.5 Å². The number of carbonyl (C=O) groups is 1. The highest BCUT2D eigenvalue weighted by Gasteiger charge is 2.10. The first-order chi connectivity index (χ1) is 12.0. The second-order valence-corrected chi connectivity index (χ2v) is 6.07. The van der Waals surface area contributed by atoms with Gasteiger partial charge in [-0.15, -0.1) is 0 Å². The smallest absolute Gasteiger partial charge is 0.257 e. The maximum Gasteiger partial charge on any atom is 0.257 e. The van der Waals surface area contributed by atoms with Gasteiger partial charge in [0.2, 0.25) is 0 Å². The lowest BCUT2D eigenvalue weighted by molar-refractivity contribution is -0.123. The van der Waals surface area contributed by atoms with E-state index in [4.69, 9.17) is 33.2 Å². The molecule has 0 radical (unpaired) electrons. The Morgan fingerprint density at radius 2 is 2.04 bits per heavy atom. The van der Waals surface area contributed by atoms with Crippen LogP contribution in [0.5, 0.6) is 5.75 Å². The number of benzene rings is 2. The van der Waals surface area contributed by atoms with Crippen molar-refractivity contribution in [1.82, 2.24) is 5.32 Å². The summed E-state index contributed by atoms with van der Waals surface area (Å²) in [5.41, 5.74) is 1.09. The van der Waals surface area contributed by atoms with Gasteiger partial charge in [0.25, 0.3) is 5.91 Å². The Hall–Kier alpha value is -2.26. The van der Waals surface area contributed by atoms with E-state index in [-0.39, 0.29) is 19.1 Å². The Morgan fingerprint density at radius 3 is 2.76 bits per heavy atom. The van der Waals surface area contributed by atoms with Crippen LogP contribution in [0.3, 0.4) is 0 Å². The zero-order valence-corrected chi connectivity index (χ0v) is 14.7. The molecular formula is C18H16Cl2N2O3. The van der Waals surface area contributed by atoms with Crippen LogP contribution in [-0.4, -0.2) is 24.2 Å². The van der Waals surface area contributed by atoms with Gasteiger partial charge < -0.3 is 15.2 Å². The Bertz CT molecular complexity index is 790. The molecular weight excluding hydrogens is 363 g/mol. The summed E-state index contributed by atoms with van der Waals surface area (Å²) in [6.07, 6.45) is -0.434. The molecule has 5 nitrogen and oxygen atoms in total. The SMILES string of the molecule is N#Cc1cccc(OCC(=O)NCC[C@@H](O)c2ccc(Cl)c(Cl)c2)c1.